The molecule has 2 aromatic carbocycles. The maximum absolute atomic E-state index is 13.5. The van der Waals surface area contributed by atoms with Crippen molar-refractivity contribution in [3.8, 4) is 0 Å². The molecule has 2 aromatic heterocycles. The lowest BCUT2D eigenvalue weighted by Gasteiger charge is -2.31. The Bertz CT molecular complexity index is 1210. The molecule has 1 fully saturated rings. The Labute approximate surface area is 184 Å². The zero-order chi connectivity index (χ0) is 21.9. The first-order valence-electron chi connectivity index (χ1n) is 10.6. The van der Waals surface area contributed by atoms with Gasteiger partial charge in [-0.25, -0.2) is 4.68 Å². The van der Waals surface area contributed by atoms with Crippen LogP contribution in [0.5, 0.6) is 0 Å². The fourth-order valence-corrected chi connectivity index (χ4v) is 3.91. The number of nitrogens with one attached hydrogen (secondary N) is 1. The summed E-state index contributed by atoms with van der Waals surface area (Å²) < 4.78 is 6.93. The lowest BCUT2D eigenvalue weighted by molar-refractivity contribution is -0.142. The Hall–Kier alpha value is -3.94. The third-order valence-corrected chi connectivity index (χ3v) is 5.59. The summed E-state index contributed by atoms with van der Waals surface area (Å²) in [5, 5.41) is 11.2. The van der Waals surface area contributed by atoms with Crippen molar-refractivity contribution in [2.24, 2.45) is 0 Å². The van der Waals surface area contributed by atoms with Crippen molar-refractivity contribution < 1.29 is 14.0 Å². The monoisotopic (exact) mass is 429 g/mol. The van der Waals surface area contributed by atoms with Crippen LogP contribution in [-0.4, -0.2) is 37.7 Å². The molecule has 32 heavy (non-hydrogen) atoms. The number of aromatic nitrogens is 3. The topological polar surface area (TPSA) is 93.3 Å². The standard InChI is InChI=1S/C24H23N5O3/c30-22(16-28-21-11-5-4-10-20(21)26-27-28)29(18-12-13-18)23(17-7-2-1-3-8-17)24(31)25-15-19-9-6-14-32-19/h1-11,14,18,23H,12-13,15-16H2,(H,25,31)/t23-/m1/s1. The average Bonchev–Trinajstić information content (AvgIpc) is 3.36. The maximum Gasteiger partial charge on any atom is 0.247 e. The summed E-state index contributed by atoms with van der Waals surface area (Å²) in [6.07, 6.45) is 3.32. The second-order valence-corrected chi connectivity index (χ2v) is 7.88. The van der Waals surface area contributed by atoms with Gasteiger partial charge in [-0.05, 0) is 42.7 Å². The Morgan fingerprint density at radius 3 is 2.59 bits per heavy atom. The molecule has 1 aliphatic rings. The van der Waals surface area contributed by atoms with Gasteiger partial charge in [0.15, 0.2) is 0 Å². The van der Waals surface area contributed by atoms with E-state index in [4.69, 9.17) is 4.42 Å². The number of hydrogen-bond acceptors (Lipinski definition) is 5. The van der Waals surface area contributed by atoms with Crippen LogP contribution < -0.4 is 5.32 Å². The van der Waals surface area contributed by atoms with E-state index in [2.05, 4.69) is 15.6 Å². The third-order valence-electron chi connectivity index (χ3n) is 5.59. The summed E-state index contributed by atoms with van der Waals surface area (Å²) in [6, 6.07) is 19.8. The van der Waals surface area contributed by atoms with Gasteiger partial charge < -0.3 is 14.6 Å². The Balaban J connectivity index is 1.43. The van der Waals surface area contributed by atoms with E-state index in [0.717, 1.165) is 29.4 Å². The van der Waals surface area contributed by atoms with Gasteiger partial charge in [-0.3, -0.25) is 9.59 Å². The molecule has 1 N–H and O–H groups in total. The first-order valence-corrected chi connectivity index (χ1v) is 10.6. The molecule has 1 saturated carbocycles. The van der Waals surface area contributed by atoms with Crippen LogP contribution >= 0.6 is 0 Å². The molecule has 0 bridgehead atoms. The number of hydrogen-bond donors (Lipinski definition) is 1. The molecule has 0 spiro atoms. The smallest absolute Gasteiger partial charge is 0.247 e. The number of furan rings is 1. The normalized spacial score (nSPS) is 14.2. The third kappa shape index (κ3) is 4.12. The van der Waals surface area contributed by atoms with Crippen molar-refractivity contribution in [3.05, 3.63) is 84.3 Å². The second kappa shape index (κ2) is 8.66. The number of carbonyl (C=O) groups is 2. The highest BCUT2D eigenvalue weighted by Gasteiger charge is 2.41. The molecule has 0 saturated heterocycles. The zero-order valence-corrected chi connectivity index (χ0v) is 17.4. The minimum atomic E-state index is -0.735. The summed E-state index contributed by atoms with van der Waals surface area (Å²) in [4.78, 5) is 28.6. The van der Waals surface area contributed by atoms with Gasteiger partial charge in [0, 0.05) is 6.04 Å². The molecular formula is C24H23N5O3. The van der Waals surface area contributed by atoms with E-state index in [1.54, 1.807) is 28.0 Å². The van der Waals surface area contributed by atoms with E-state index in [9.17, 15) is 9.59 Å². The summed E-state index contributed by atoms with van der Waals surface area (Å²) >= 11 is 0. The Kier molecular flexibility index (Phi) is 5.41. The lowest BCUT2D eigenvalue weighted by Crippen LogP contribution is -2.46. The van der Waals surface area contributed by atoms with Crippen molar-refractivity contribution in [3.63, 3.8) is 0 Å². The largest absolute Gasteiger partial charge is 0.467 e. The number of amides is 2. The molecule has 2 heterocycles. The van der Waals surface area contributed by atoms with Crippen LogP contribution in [-0.2, 0) is 22.7 Å². The summed E-state index contributed by atoms with van der Waals surface area (Å²) in [7, 11) is 0. The van der Waals surface area contributed by atoms with Gasteiger partial charge in [0.05, 0.1) is 18.3 Å². The number of para-hydroxylation sites is 1. The second-order valence-electron chi connectivity index (χ2n) is 7.88. The lowest BCUT2D eigenvalue weighted by atomic mass is 10.0. The number of fused-ring (bicyclic) bond motifs is 1. The van der Waals surface area contributed by atoms with E-state index in [1.807, 2.05) is 54.6 Å². The Morgan fingerprint density at radius 2 is 1.84 bits per heavy atom. The summed E-state index contributed by atoms with van der Waals surface area (Å²) in [5.41, 5.74) is 2.29. The Morgan fingerprint density at radius 1 is 1.06 bits per heavy atom. The van der Waals surface area contributed by atoms with Gasteiger partial charge in [-0.1, -0.05) is 47.7 Å². The van der Waals surface area contributed by atoms with Crippen molar-refractivity contribution >= 4 is 22.8 Å². The van der Waals surface area contributed by atoms with Gasteiger partial charge in [-0.2, -0.15) is 0 Å². The number of carbonyl (C=O) groups excluding carboxylic acids is 2. The van der Waals surface area contributed by atoms with Crippen molar-refractivity contribution in [1.29, 1.82) is 0 Å². The fraction of sp³-hybridized carbons (Fsp3) is 0.250. The van der Waals surface area contributed by atoms with Gasteiger partial charge >= 0.3 is 0 Å². The molecule has 162 valence electrons. The zero-order valence-electron chi connectivity index (χ0n) is 17.4. The maximum atomic E-state index is 13.5. The van der Waals surface area contributed by atoms with Gasteiger partial charge in [-0.15, -0.1) is 5.10 Å². The highest BCUT2D eigenvalue weighted by atomic mass is 16.3. The minimum absolute atomic E-state index is 0.0197. The first kappa shape index (κ1) is 20.0. The van der Waals surface area contributed by atoms with Crippen LogP contribution in [0.3, 0.4) is 0 Å². The molecule has 5 rings (SSSR count). The molecule has 0 radical (unpaired) electrons. The number of benzene rings is 2. The van der Waals surface area contributed by atoms with E-state index >= 15 is 0 Å². The molecule has 8 nitrogen and oxygen atoms in total. The van der Waals surface area contributed by atoms with Crippen LogP contribution in [0.4, 0.5) is 0 Å². The fourth-order valence-electron chi connectivity index (χ4n) is 3.91. The first-order chi connectivity index (χ1) is 15.7. The van der Waals surface area contributed by atoms with Crippen LogP contribution in [0.15, 0.2) is 77.4 Å². The molecule has 8 heteroatoms. The minimum Gasteiger partial charge on any atom is -0.467 e. The van der Waals surface area contributed by atoms with Crippen LogP contribution in [0, 0.1) is 0 Å². The highest BCUT2D eigenvalue weighted by Crippen LogP contribution is 2.35. The summed E-state index contributed by atoms with van der Waals surface area (Å²) in [6.45, 7) is 0.279. The van der Waals surface area contributed by atoms with Crippen LogP contribution in [0.1, 0.15) is 30.2 Å². The molecular weight excluding hydrogens is 406 g/mol. The molecule has 2 amide bonds. The molecule has 1 atom stereocenters. The quantitative estimate of drug-likeness (QED) is 0.465. The van der Waals surface area contributed by atoms with Gasteiger partial charge in [0.2, 0.25) is 11.8 Å². The number of nitrogens with zero attached hydrogens (tertiary/aromatic N) is 4. The van der Waals surface area contributed by atoms with Crippen molar-refractivity contribution in [2.45, 2.75) is 38.0 Å². The SMILES string of the molecule is O=C(NCc1ccco1)[C@@H](c1ccccc1)N(C(=O)Cn1nnc2ccccc21)C1CC1. The average molecular weight is 429 g/mol. The van der Waals surface area contributed by atoms with Crippen LogP contribution in [0.25, 0.3) is 11.0 Å². The van der Waals surface area contributed by atoms with E-state index in [-0.39, 0.29) is 30.9 Å². The number of rotatable bonds is 8. The molecule has 4 aromatic rings. The molecule has 1 aliphatic carbocycles. The van der Waals surface area contributed by atoms with E-state index in [1.165, 1.54) is 0 Å². The molecule has 0 unspecified atom stereocenters. The predicted molar refractivity (Wildman–Crippen MR) is 117 cm³/mol. The van der Waals surface area contributed by atoms with Gasteiger partial charge in [0.25, 0.3) is 0 Å². The van der Waals surface area contributed by atoms with Crippen molar-refractivity contribution in [2.75, 3.05) is 0 Å². The van der Waals surface area contributed by atoms with E-state index in [0.29, 0.717) is 5.76 Å². The summed E-state index contributed by atoms with van der Waals surface area (Å²) in [5.74, 6) is 0.255. The van der Waals surface area contributed by atoms with Gasteiger partial charge in [0.1, 0.15) is 23.9 Å². The predicted octanol–water partition coefficient (Wildman–Crippen LogP) is 3.07. The van der Waals surface area contributed by atoms with Crippen molar-refractivity contribution in [1.82, 2.24) is 25.2 Å². The van der Waals surface area contributed by atoms with E-state index < -0.39 is 6.04 Å². The highest BCUT2D eigenvalue weighted by molar-refractivity contribution is 5.89. The molecule has 0 aliphatic heterocycles. The van der Waals surface area contributed by atoms with Crippen LogP contribution in [0.2, 0.25) is 0 Å².